The van der Waals surface area contributed by atoms with E-state index in [0.29, 0.717) is 30.1 Å². The van der Waals surface area contributed by atoms with Crippen molar-refractivity contribution in [3.05, 3.63) is 70.5 Å². The summed E-state index contributed by atoms with van der Waals surface area (Å²) in [6.45, 7) is 4.07. The van der Waals surface area contributed by atoms with Gasteiger partial charge in [0.25, 0.3) is 0 Å². The number of hydrogen-bond acceptors (Lipinski definition) is 5. The number of likely N-dealkylation sites (tertiary alicyclic amines) is 2. The van der Waals surface area contributed by atoms with Crippen LogP contribution < -0.4 is 0 Å². The van der Waals surface area contributed by atoms with Crippen molar-refractivity contribution in [3.63, 3.8) is 0 Å². The molecule has 0 spiro atoms. The molecule has 34 heavy (non-hydrogen) atoms. The number of halogens is 1. The van der Waals surface area contributed by atoms with Gasteiger partial charge in [-0.1, -0.05) is 63.6 Å². The van der Waals surface area contributed by atoms with E-state index in [9.17, 15) is 4.79 Å². The molecule has 6 nitrogen and oxygen atoms in total. The van der Waals surface area contributed by atoms with E-state index >= 15 is 0 Å². The Morgan fingerprint density at radius 2 is 1.85 bits per heavy atom. The highest BCUT2D eigenvalue weighted by Gasteiger charge is 2.32. The van der Waals surface area contributed by atoms with Gasteiger partial charge in [-0.2, -0.15) is 4.98 Å². The number of hydrogen-bond donors (Lipinski definition) is 0. The van der Waals surface area contributed by atoms with Gasteiger partial charge in [-0.25, -0.2) is 0 Å². The molecule has 0 bridgehead atoms. The monoisotopic (exact) mass is 522 g/mol. The highest BCUT2D eigenvalue weighted by molar-refractivity contribution is 9.10. The number of nitrogens with zero attached hydrogens (tertiary/aromatic N) is 4. The number of benzene rings is 2. The molecule has 1 aromatic heterocycles. The maximum absolute atomic E-state index is 13.3. The van der Waals surface area contributed by atoms with Crippen molar-refractivity contribution in [3.8, 4) is 11.4 Å². The molecule has 1 amide bonds. The minimum absolute atomic E-state index is 0.0619. The van der Waals surface area contributed by atoms with Gasteiger partial charge in [0.1, 0.15) is 0 Å². The third-order valence-corrected chi connectivity index (χ3v) is 7.55. The number of piperidine rings is 2. The van der Waals surface area contributed by atoms with E-state index in [2.05, 4.69) is 66.2 Å². The molecule has 178 valence electrons. The zero-order chi connectivity index (χ0) is 23.3. The predicted molar refractivity (Wildman–Crippen MR) is 135 cm³/mol. The summed E-state index contributed by atoms with van der Waals surface area (Å²) in [5.74, 6) is 2.26. The van der Waals surface area contributed by atoms with Crippen LogP contribution in [0.2, 0.25) is 0 Å². The summed E-state index contributed by atoms with van der Waals surface area (Å²) in [5, 5.41) is 4.15. The van der Waals surface area contributed by atoms with Crippen LogP contribution in [0.25, 0.3) is 11.4 Å². The molecule has 2 aromatic carbocycles. The van der Waals surface area contributed by atoms with Gasteiger partial charge in [0.15, 0.2) is 0 Å². The van der Waals surface area contributed by atoms with Gasteiger partial charge < -0.3 is 9.42 Å². The summed E-state index contributed by atoms with van der Waals surface area (Å²) in [6, 6.07) is 18.6. The van der Waals surface area contributed by atoms with E-state index in [1.54, 1.807) is 0 Å². The van der Waals surface area contributed by atoms with Crippen molar-refractivity contribution in [2.75, 3.05) is 26.2 Å². The number of carbonyl (C=O) groups excluding carboxylic acids is 1. The van der Waals surface area contributed by atoms with E-state index in [0.717, 1.165) is 68.3 Å². The quantitative estimate of drug-likeness (QED) is 0.445. The zero-order valence-corrected chi connectivity index (χ0v) is 21.0. The van der Waals surface area contributed by atoms with Crippen LogP contribution in [0, 0.1) is 11.8 Å². The molecule has 5 rings (SSSR count). The van der Waals surface area contributed by atoms with Crippen LogP contribution in [0.3, 0.4) is 0 Å². The van der Waals surface area contributed by atoms with Gasteiger partial charge >= 0.3 is 0 Å². The Morgan fingerprint density at radius 3 is 2.65 bits per heavy atom. The lowest BCUT2D eigenvalue weighted by atomic mass is 9.89. The SMILES string of the molecule is O=C(C1CCCN(Cc2nc(-c3cccc(Br)c3)no2)C1)N1CCC(Cc2ccccc2)CC1. The van der Waals surface area contributed by atoms with Crippen LogP contribution in [0.15, 0.2) is 63.6 Å². The summed E-state index contributed by atoms with van der Waals surface area (Å²) in [6.07, 6.45) is 5.29. The topological polar surface area (TPSA) is 62.5 Å². The molecule has 2 fully saturated rings. The molecule has 2 aliphatic rings. The van der Waals surface area contributed by atoms with Crippen LogP contribution in [-0.2, 0) is 17.8 Å². The minimum Gasteiger partial charge on any atom is -0.342 e. The van der Waals surface area contributed by atoms with Crippen LogP contribution in [-0.4, -0.2) is 52.0 Å². The first kappa shape index (κ1) is 23.2. The maximum atomic E-state index is 13.3. The highest BCUT2D eigenvalue weighted by atomic mass is 79.9. The molecule has 0 radical (unpaired) electrons. The third-order valence-electron chi connectivity index (χ3n) is 7.06. The summed E-state index contributed by atoms with van der Waals surface area (Å²) >= 11 is 3.49. The molecular weight excluding hydrogens is 492 g/mol. The fourth-order valence-electron chi connectivity index (χ4n) is 5.22. The van der Waals surface area contributed by atoms with Crippen molar-refractivity contribution in [2.45, 2.75) is 38.6 Å². The number of rotatable bonds is 6. The fraction of sp³-hybridized carbons (Fsp3) is 0.444. The summed E-state index contributed by atoms with van der Waals surface area (Å²) < 4.78 is 6.51. The van der Waals surface area contributed by atoms with E-state index in [-0.39, 0.29) is 5.92 Å². The largest absolute Gasteiger partial charge is 0.342 e. The van der Waals surface area contributed by atoms with Gasteiger partial charge in [-0.05, 0) is 62.3 Å². The molecule has 0 aliphatic carbocycles. The molecule has 3 aromatic rings. The van der Waals surface area contributed by atoms with Gasteiger partial charge in [-0.3, -0.25) is 9.69 Å². The predicted octanol–water partition coefficient (Wildman–Crippen LogP) is 5.19. The van der Waals surface area contributed by atoms with Crippen LogP contribution in [0.1, 0.15) is 37.1 Å². The second-order valence-electron chi connectivity index (χ2n) is 9.55. The van der Waals surface area contributed by atoms with Crippen molar-refractivity contribution < 1.29 is 9.32 Å². The lowest BCUT2D eigenvalue weighted by Gasteiger charge is -2.37. The van der Waals surface area contributed by atoms with Crippen molar-refractivity contribution >= 4 is 21.8 Å². The van der Waals surface area contributed by atoms with Gasteiger partial charge in [0, 0.05) is 29.7 Å². The van der Waals surface area contributed by atoms with Gasteiger partial charge in [-0.15, -0.1) is 0 Å². The molecule has 1 unspecified atom stereocenters. The Balaban J connectivity index is 1.12. The normalized spacial score (nSPS) is 19.9. The molecule has 2 aliphatic heterocycles. The average Bonchev–Trinajstić information content (AvgIpc) is 3.33. The van der Waals surface area contributed by atoms with E-state index in [1.807, 2.05) is 24.3 Å². The van der Waals surface area contributed by atoms with Gasteiger partial charge in [0.05, 0.1) is 12.5 Å². The number of carbonyl (C=O) groups is 1. The molecule has 0 N–H and O–H groups in total. The van der Waals surface area contributed by atoms with E-state index in [4.69, 9.17) is 4.52 Å². The lowest BCUT2D eigenvalue weighted by molar-refractivity contribution is -0.138. The van der Waals surface area contributed by atoms with Crippen molar-refractivity contribution in [2.24, 2.45) is 11.8 Å². The molecule has 3 heterocycles. The fourth-order valence-corrected chi connectivity index (χ4v) is 5.62. The molecule has 1 atom stereocenters. The van der Waals surface area contributed by atoms with E-state index in [1.165, 1.54) is 5.56 Å². The third kappa shape index (κ3) is 5.76. The standard InChI is InChI=1S/C27H31BrN4O2/c28-24-10-4-8-22(17-24)26-29-25(34-30-26)19-31-13-5-9-23(18-31)27(33)32-14-11-21(12-15-32)16-20-6-2-1-3-7-20/h1-4,6-8,10,17,21,23H,5,9,11-16,18-19H2. The zero-order valence-electron chi connectivity index (χ0n) is 19.4. The first-order chi connectivity index (χ1) is 16.6. The summed E-state index contributed by atoms with van der Waals surface area (Å²) in [4.78, 5) is 22.3. The van der Waals surface area contributed by atoms with Crippen molar-refractivity contribution in [1.29, 1.82) is 0 Å². The van der Waals surface area contributed by atoms with Crippen LogP contribution in [0.5, 0.6) is 0 Å². The van der Waals surface area contributed by atoms with Crippen molar-refractivity contribution in [1.82, 2.24) is 19.9 Å². The van der Waals surface area contributed by atoms with E-state index < -0.39 is 0 Å². The molecule has 0 saturated carbocycles. The number of aromatic nitrogens is 2. The van der Waals surface area contributed by atoms with Crippen LogP contribution >= 0.6 is 15.9 Å². The van der Waals surface area contributed by atoms with Gasteiger partial charge in [0.2, 0.25) is 17.6 Å². The van der Waals surface area contributed by atoms with Crippen LogP contribution in [0.4, 0.5) is 0 Å². The Labute approximate surface area is 209 Å². The highest BCUT2D eigenvalue weighted by Crippen LogP contribution is 2.26. The number of amides is 1. The second-order valence-corrected chi connectivity index (χ2v) is 10.5. The molecule has 2 saturated heterocycles. The Kier molecular flexibility index (Phi) is 7.40. The Morgan fingerprint density at radius 1 is 1.03 bits per heavy atom. The Bertz CT molecular complexity index is 1090. The second kappa shape index (κ2) is 10.8. The molecule has 7 heteroatoms. The first-order valence-corrected chi connectivity index (χ1v) is 13.1. The maximum Gasteiger partial charge on any atom is 0.241 e. The molecular formula is C27H31BrN4O2. The average molecular weight is 523 g/mol. The lowest BCUT2D eigenvalue weighted by Crippen LogP contribution is -2.47. The summed E-state index contributed by atoms with van der Waals surface area (Å²) in [5.41, 5.74) is 2.33. The Hall–Kier alpha value is -2.51. The minimum atomic E-state index is 0.0619. The smallest absolute Gasteiger partial charge is 0.241 e. The first-order valence-electron chi connectivity index (χ1n) is 12.3. The summed E-state index contributed by atoms with van der Waals surface area (Å²) in [7, 11) is 0.